The van der Waals surface area contributed by atoms with Crippen LogP contribution in [-0.4, -0.2) is 48.7 Å². The molecule has 0 bridgehead atoms. The summed E-state index contributed by atoms with van der Waals surface area (Å²) in [5, 5.41) is 4.73. The Morgan fingerprint density at radius 1 is 0.488 bits per heavy atom. The smallest absolute Gasteiger partial charge is 0.258 e. The standard InChI is InChI=1S/2C15H9BrClNO2S.C14H8BrClN2O2S.C6H2Cl3NO.C5H2Cl3N.H3N/c1-8(19)13-6-11-12(7-18-15(17)14(11)21-13)20-10-4-2-9(16)3-5-10;1-8(19)12-6-11-13(21-12)7-18-15(17)14(11)20-10-4-2-9(16)3-5-10;15-7-1-3-8(4-2-7)20-12-9-5-10(14(17)19)21-11(9)6-18-13(12)16;7-4-1-10-6(9)5(8)3(4)2-11;6-3-1-4(7)5(8)9-2-3;/h2*2-7H,1H3;1-6H,(H2,17,19);1-2H;1-2H;1H3. The molecule has 1 amide bonds. The lowest BCUT2D eigenvalue weighted by molar-refractivity contribution is 0.0998. The zero-order valence-corrected chi connectivity index (χ0v) is 56.4. The number of nitrogens with zero attached hydrogens (tertiary/aromatic N) is 5. The fourth-order valence-electron chi connectivity index (χ4n) is 6.47. The lowest BCUT2D eigenvalue weighted by Gasteiger charge is -2.08. The molecule has 0 aliphatic heterocycles. The van der Waals surface area contributed by atoms with Crippen LogP contribution in [-0.2, 0) is 0 Å². The van der Waals surface area contributed by atoms with Crippen LogP contribution in [0.25, 0.3) is 30.3 Å². The van der Waals surface area contributed by atoms with Gasteiger partial charge in [-0.15, -0.1) is 34.0 Å². The number of ether oxygens (including phenoxy) is 3. The van der Waals surface area contributed by atoms with Gasteiger partial charge in [-0.2, -0.15) is 0 Å². The number of thiophene rings is 3. The van der Waals surface area contributed by atoms with E-state index < -0.39 is 5.91 Å². The molecule has 11 rings (SSSR count). The number of hydrogen-bond acceptors (Lipinski definition) is 16. The highest BCUT2D eigenvalue weighted by Gasteiger charge is 2.19. The van der Waals surface area contributed by atoms with E-state index in [2.05, 4.69) is 72.7 Å². The lowest BCUT2D eigenvalue weighted by atomic mass is 10.2. The van der Waals surface area contributed by atoms with E-state index in [9.17, 15) is 19.2 Å². The van der Waals surface area contributed by atoms with Crippen LogP contribution in [0.5, 0.6) is 34.5 Å². The number of rotatable bonds is 10. The van der Waals surface area contributed by atoms with Gasteiger partial charge >= 0.3 is 0 Å². The molecule has 84 heavy (non-hydrogen) atoms. The Morgan fingerprint density at radius 3 is 1.35 bits per heavy atom. The van der Waals surface area contributed by atoms with E-state index >= 15 is 0 Å². The molecule has 14 nitrogen and oxygen atoms in total. The summed E-state index contributed by atoms with van der Waals surface area (Å²) in [4.78, 5) is 66.1. The molecule has 8 heterocycles. The first-order chi connectivity index (χ1) is 39.5. The van der Waals surface area contributed by atoms with E-state index in [0.717, 1.165) is 43.7 Å². The van der Waals surface area contributed by atoms with Crippen molar-refractivity contribution in [2.45, 2.75) is 13.8 Å². The average molecular weight is 1560 g/mol. The van der Waals surface area contributed by atoms with Crippen molar-refractivity contribution < 1.29 is 33.4 Å². The number of aldehydes is 1. The first-order valence-corrected chi connectivity index (χ1v) is 31.0. The number of nitrogens with two attached hydrogens (primary N) is 1. The van der Waals surface area contributed by atoms with Crippen molar-refractivity contribution in [3.8, 4) is 34.5 Å². The molecule has 0 fully saturated rings. The average Bonchev–Trinajstić information content (AvgIpc) is 3.06. The van der Waals surface area contributed by atoms with Crippen LogP contribution in [0.3, 0.4) is 0 Å². The van der Waals surface area contributed by atoms with E-state index in [1.54, 1.807) is 55.0 Å². The molecule has 0 spiro atoms. The summed E-state index contributed by atoms with van der Waals surface area (Å²) in [6.07, 6.45) is 8.09. The predicted octanol–water partition coefficient (Wildman–Crippen LogP) is 22.1. The summed E-state index contributed by atoms with van der Waals surface area (Å²) in [7, 11) is 0. The molecule has 0 aliphatic rings. The summed E-state index contributed by atoms with van der Waals surface area (Å²) >= 11 is 65.6. The maximum atomic E-state index is 11.5. The van der Waals surface area contributed by atoms with Crippen molar-refractivity contribution in [2.75, 3.05) is 0 Å². The van der Waals surface area contributed by atoms with Gasteiger partial charge in [0.05, 0.1) is 60.6 Å². The molecule has 8 aromatic heterocycles. The second kappa shape index (κ2) is 31.7. The summed E-state index contributed by atoms with van der Waals surface area (Å²) in [5.41, 5.74) is 5.48. The number of carbonyl (C=O) groups excluding carboxylic acids is 4. The van der Waals surface area contributed by atoms with Crippen LogP contribution >= 0.6 is 186 Å². The second-order valence-electron chi connectivity index (χ2n) is 16.1. The number of halogens is 12. The van der Waals surface area contributed by atoms with Crippen molar-refractivity contribution in [2.24, 2.45) is 5.73 Å². The van der Waals surface area contributed by atoms with Gasteiger partial charge in [-0.1, -0.05) is 152 Å². The molecule has 5 N–H and O–H groups in total. The third-order valence-electron chi connectivity index (χ3n) is 10.3. The van der Waals surface area contributed by atoms with E-state index in [-0.39, 0.29) is 53.9 Å². The summed E-state index contributed by atoms with van der Waals surface area (Å²) in [6.45, 7) is 3.07. The highest BCUT2D eigenvalue weighted by Crippen LogP contribution is 2.42. The number of amides is 1. The number of hydrogen-bond donors (Lipinski definition) is 2. The Balaban J connectivity index is 0.000000174. The molecule has 432 valence electrons. The zero-order valence-electron chi connectivity index (χ0n) is 42.3. The largest absolute Gasteiger partial charge is 0.455 e. The summed E-state index contributed by atoms with van der Waals surface area (Å²) < 4.78 is 22.8. The van der Waals surface area contributed by atoms with Crippen molar-refractivity contribution in [1.82, 2.24) is 31.1 Å². The number of pyridine rings is 5. The second-order valence-corrected chi connectivity index (χ2v) is 25.5. The predicted molar refractivity (Wildman–Crippen MR) is 354 cm³/mol. The Bertz CT molecular complexity index is 4060. The minimum Gasteiger partial charge on any atom is -0.455 e. The molecule has 0 radical (unpaired) electrons. The van der Waals surface area contributed by atoms with E-state index in [0.29, 0.717) is 70.6 Å². The van der Waals surface area contributed by atoms with Crippen LogP contribution < -0.4 is 26.1 Å². The van der Waals surface area contributed by atoms with Crippen LogP contribution in [0, 0.1) is 0 Å². The first kappa shape index (κ1) is 68.3. The Labute approximate surface area is 560 Å². The van der Waals surface area contributed by atoms with Crippen LogP contribution in [0.4, 0.5) is 0 Å². The third-order valence-corrected chi connectivity index (χ3v) is 18.3. The highest BCUT2D eigenvalue weighted by atomic mass is 79.9. The van der Waals surface area contributed by atoms with Crippen molar-refractivity contribution in [3.05, 3.63) is 208 Å². The van der Waals surface area contributed by atoms with E-state index in [1.165, 1.54) is 60.3 Å². The summed E-state index contributed by atoms with van der Waals surface area (Å²) in [5.74, 6) is 2.98. The van der Waals surface area contributed by atoms with Gasteiger partial charge in [0, 0.05) is 54.4 Å². The molecule has 0 unspecified atom stereocenters. The number of primary amides is 1. The van der Waals surface area contributed by atoms with Crippen molar-refractivity contribution >= 4 is 240 Å². The molecule has 0 saturated carbocycles. The van der Waals surface area contributed by atoms with Gasteiger partial charge in [-0.3, -0.25) is 19.2 Å². The van der Waals surface area contributed by atoms with Gasteiger partial charge in [0.15, 0.2) is 45.4 Å². The van der Waals surface area contributed by atoms with Crippen LogP contribution in [0.2, 0.25) is 45.9 Å². The number of fused-ring (bicyclic) bond motifs is 3. The van der Waals surface area contributed by atoms with E-state index in [1.807, 2.05) is 60.7 Å². The molecule has 0 aliphatic carbocycles. The Hall–Kier alpha value is -4.82. The van der Waals surface area contributed by atoms with Crippen LogP contribution in [0.15, 0.2) is 141 Å². The first-order valence-electron chi connectivity index (χ1n) is 22.8. The number of benzene rings is 3. The molecule has 11 aromatic rings. The molecular formula is C55H33Br3Cl9N7O7S3. The number of carbonyl (C=O) groups is 4. The van der Waals surface area contributed by atoms with Crippen molar-refractivity contribution in [1.29, 1.82) is 0 Å². The lowest BCUT2D eigenvalue weighted by Crippen LogP contribution is -2.08. The monoisotopic (exact) mass is 1550 g/mol. The molecule has 3 aromatic carbocycles. The Morgan fingerprint density at radius 2 is 0.905 bits per heavy atom. The quantitative estimate of drug-likeness (QED) is 0.0740. The topological polar surface area (TPSA) is 221 Å². The fourth-order valence-corrected chi connectivity index (χ4v) is 11.7. The van der Waals surface area contributed by atoms with Gasteiger partial charge in [0.2, 0.25) is 0 Å². The maximum Gasteiger partial charge on any atom is 0.258 e. The Kier molecular flexibility index (Phi) is 25.8. The van der Waals surface area contributed by atoms with Crippen molar-refractivity contribution in [3.63, 3.8) is 0 Å². The van der Waals surface area contributed by atoms with Crippen LogP contribution in [0.1, 0.15) is 53.2 Å². The van der Waals surface area contributed by atoms with Gasteiger partial charge in [-0.05, 0) is 111 Å². The van der Waals surface area contributed by atoms with Gasteiger partial charge in [-0.25, -0.2) is 24.9 Å². The van der Waals surface area contributed by atoms with Gasteiger partial charge in [0.25, 0.3) is 5.91 Å². The highest BCUT2D eigenvalue weighted by molar-refractivity contribution is 9.11. The summed E-state index contributed by atoms with van der Waals surface area (Å²) in [6, 6.07) is 29.0. The van der Waals surface area contributed by atoms with Gasteiger partial charge in [0.1, 0.15) is 32.7 Å². The number of aromatic nitrogens is 5. The van der Waals surface area contributed by atoms with E-state index in [4.69, 9.17) is 124 Å². The minimum absolute atomic E-state index is 0. The minimum atomic E-state index is -0.484. The molecule has 0 saturated heterocycles. The fraction of sp³-hybridized carbons (Fsp3) is 0.0364. The third kappa shape index (κ3) is 18.4. The zero-order chi connectivity index (χ0) is 60.2. The number of Topliss-reactive ketones (excluding diaryl/α,β-unsaturated/α-hetero) is 2. The molecule has 29 heteroatoms. The number of ketones is 2. The van der Waals surface area contributed by atoms with Gasteiger partial charge < -0.3 is 26.1 Å². The molecule has 0 atom stereocenters. The normalized spacial score (nSPS) is 10.4. The molecular weight excluding hydrogens is 1530 g/mol. The maximum absolute atomic E-state index is 11.5. The SMILES string of the molecule is CC(=O)c1cc2c(Oc3ccc(Br)cc3)c(Cl)ncc2s1.CC(=O)c1cc2c(Oc3ccc(Br)cc3)cnc(Cl)c2s1.Clc1cnc(Cl)c(Cl)c1.N.NC(=O)c1cc2c(Oc3ccc(Br)cc3)c(Cl)ncc2s1.O=Cc1c(Cl)cnc(Cl)c1Cl.